The summed E-state index contributed by atoms with van der Waals surface area (Å²) in [6.45, 7) is 6.59. The lowest BCUT2D eigenvalue weighted by molar-refractivity contribution is -0.122. The third-order valence-electron chi connectivity index (χ3n) is 3.77. The quantitative estimate of drug-likeness (QED) is 0.817. The number of likely N-dealkylation sites (tertiary alicyclic amines) is 1. The van der Waals surface area contributed by atoms with E-state index in [9.17, 15) is 4.79 Å². The van der Waals surface area contributed by atoms with Crippen molar-refractivity contribution < 1.29 is 4.79 Å². The molecule has 1 N–H and O–H groups in total. The molecule has 5 nitrogen and oxygen atoms in total. The van der Waals surface area contributed by atoms with Crippen LogP contribution in [0, 0.1) is 0 Å². The summed E-state index contributed by atoms with van der Waals surface area (Å²) in [6, 6.07) is 4.27. The Morgan fingerprint density at radius 1 is 1.57 bits per heavy atom. The summed E-state index contributed by atoms with van der Waals surface area (Å²) in [4.78, 5) is 20.6. The molecule has 1 aromatic rings. The van der Waals surface area contributed by atoms with Gasteiger partial charge in [-0.25, -0.2) is 0 Å². The smallest absolute Gasteiger partial charge is 0.234 e. The monoisotopic (exact) mass is 290 g/mol. The van der Waals surface area contributed by atoms with Crippen LogP contribution in [-0.2, 0) is 11.3 Å². The Labute approximate surface area is 127 Å². The van der Waals surface area contributed by atoms with Gasteiger partial charge >= 0.3 is 0 Å². The van der Waals surface area contributed by atoms with Gasteiger partial charge in [0.1, 0.15) is 0 Å². The zero-order chi connectivity index (χ0) is 15.1. The van der Waals surface area contributed by atoms with E-state index in [-0.39, 0.29) is 5.91 Å². The maximum Gasteiger partial charge on any atom is 0.234 e. The molecule has 1 atom stereocenters. The Kier molecular flexibility index (Phi) is 6.14. The summed E-state index contributed by atoms with van der Waals surface area (Å²) in [6.07, 6.45) is 5.85. The summed E-state index contributed by atoms with van der Waals surface area (Å²) in [5, 5.41) is 3.15. The van der Waals surface area contributed by atoms with Crippen LogP contribution in [0.4, 0.5) is 0 Å². The van der Waals surface area contributed by atoms with Crippen molar-refractivity contribution in [3.8, 4) is 0 Å². The van der Waals surface area contributed by atoms with Crippen molar-refractivity contribution in [2.45, 2.75) is 32.4 Å². The van der Waals surface area contributed by atoms with E-state index in [1.807, 2.05) is 30.3 Å². The SMILES string of the molecule is CCCN1CC[C@@H](NC(=O)CN(C)Cc2cccnc2)C1. The van der Waals surface area contributed by atoms with Gasteiger partial charge in [-0.1, -0.05) is 13.0 Å². The molecule has 1 aliphatic rings. The van der Waals surface area contributed by atoms with Crippen molar-refractivity contribution >= 4 is 5.91 Å². The first-order valence-corrected chi connectivity index (χ1v) is 7.76. The van der Waals surface area contributed by atoms with E-state index < -0.39 is 0 Å². The standard InChI is InChI=1S/C16H26N4O/c1-3-8-20-9-6-15(12-20)18-16(21)13-19(2)11-14-5-4-7-17-10-14/h4-5,7,10,15H,3,6,8-9,11-13H2,1-2H3,(H,18,21)/t15-/m1/s1. The Morgan fingerprint density at radius 3 is 3.14 bits per heavy atom. The first kappa shape index (κ1) is 15.9. The van der Waals surface area contributed by atoms with E-state index in [4.69, 9.17) is 0 Å². The van der Waals surface area contributed by atoms with Gasteiger partial charge in [0.2, 0.25) is 5.91 Å². The molecule has 1 saturated heterocycles. The molecule has 0 spiro atoms. The highest BCUT2D eigenvalue weighted by molar-refractivity contribution is 5.78. The summed E-state index contributed by atoms with van der Waals surface area (Å²) in [5.41, 5.74) is 1.13. The van der Waals surface area contributed by atoms with Gasteiger partial charge in [-0.15, -0.1) is 0 Å². The van der Waals surface area contributed by atoms with Crippen LogP contribution in [0.25, 0.3) is 0 Å². The molecule has 1 fully saturated rings. The number of carbonyl (C=O) groups excluding carboxylic acids is 1. The first-order chi connectivity index (χ1) is 10.2. The molecule has 0 bridgehead atoms. The lowest BCUT2D eigenvalue weighted by Gasteiger charge is -2.19. The Bertz CT molecular complexity index is 437. The largest absolute Gasteiger partial charge is 0.351 e. The van der Waals surface area contributed by atoms with Crippen LogP contribution >= 0.6 is 0 Å². The zero-order valence-electron chi connectivity index (χ0n) is 13.1. The molecular formula is C16H26N4O. The summed E-state index contributed by atoms with van der Waals surface area (Å²) in [7, 11) is 1.96. The third kappa shape index (κ3) is 5.44. The molecular weight excluding hydrogens is 264 g/mol. The fraction of sp³-hybridized carbons (Fsp3) is 0.625. The van der Waals surface area contributed by atoms with Gasteiger partial charge in [-0.05, 0) is 38.1 Å². The van der Waals surface area contributed by atoms with Crippen LogP contribution in [0.3, 0.4) is 0 Å². The highest BCUT2D eigenvalue weighted by Gasteiger charge is 2.23. The average molecular weight is 290 g/mol. The van der Waals surface area contributed by atoms with E-state index in [0.29, 0.717) is 12.6 Å². The minimum Gasteiger partial charge on any atom is -0.351 e. The normalized spacial score (nSPS) is 19.1. The second-order valence-electron chi connectivity index (χ2n) is 5.89. The summed E-state index contributed by atoms with van der Waals surface area (Å²) < 4.78 is 0. The highest BCUT2D eigenvalue weighted by Crippen LogP contribution is 2.09. The molecule has 5 heteroatoms. The molecule has 2 rings (SSSR count). The van der Waals surface area contributed by atoms with E-state index in [1.165, 1.54) is 6.42 Å². The first-order valence-electron chi connectivity index (χ1n) is 7.76. The predicted octanol–water partition coefficient (Wildman–Crippen LogP) is 1.11. The summed E-state index contributed by atoms with van der Waals surface area (Å²) in [5.74, 6) is 0.115. The Balaban J connectivity index is 1.70. The van der Waals surface area contributed by atoms with Gasteiger partial charge < -0.3 is 10.2 Å². The maximum atomic E-state index is 12.1. The van der Waals surface area contributed by atoms with Crippen molar-refractivity contribution in [2.75, 3.05) is 33.2 Å². The third-order valence-corrected chi connectivity index (χ3v) is 3.77. The Hall–Kier alpha value is -1.46. The minimum absolute atomic E-state index is 0.115. The minimum atomic E-state index is 0.115. The molecule has 0 saturated carbocycles. The molecule has 0 radical (unpaired) electrons. The number of pyridine rings is 1. The van der Waals surface area contributed by atoms with Gasteiger partial charge in [0, 0.05) is 38.1 Å². The molecule has 2 heterocycles. The molecule has 0 aromatic carbocycles. The fourth-order valence-corrected chi connectivity index (χ4v) is 2.85. The van der Waals surface area contributed by atoms with E-state index in [1.54, 1.807) is 6.20 Å². The maximum absolute atomic E-state index is 12.1. The van der Waals surface area contributed by atoms with Crippen LogP contribution in [-0.4, -0.2) is 60.0 Å². The number of nitrogens with one attached hydrogen (secondary N) is 1. The van der Waals surface area contributed by atoms with Gasteiger partial charge in [0.25, 0.3) is 0 Å². The van der Waals surface area contributed by atoms with Crippen molar-refractivity contribution in [1.29, 1.82) is 0 Å². The summed E-state index contributed by atoms with van der Waals surface area (Å²) >= 11 is 0. The highest BCUT2D eigenvalue weighted by atomic mass is 16.2. The van der Waals surface area contributed by atoms with Crippen molar-refractivity contribution in [1.82, 2.24) is 20.1 Å². The van der Waals surface area contributed by atoms with E-state index >= 15 is 0 Å². The zero-order valence-corrected chi connectivity index (χ0v) is 13.1. The Morgan fingerprint density at radius 2 is 2.43 bits per heavy atom. The molecule has 0 aliphatic carbocycles. The van der Waals surface area contributed by atoms with Gasteiger partial charge in [0.15, 0.2) is 0 Å². The van der Waals surface area contributed by atoms with Crippen molar-refractivity contribution in [3.63, 3.8) is 0 Å². The fourth-order valence-electron chi connectivity index (χ4n) is 2.85. The average Bonchev–Trinajstić information content (AvgIpc) is 2.87. The second-order valence-corrected chi connectivity index (χ2v) is 5.89. The van der Waals surface area contributed by atoms with Crippen LogP contribution in [0.2, 0.25) is 0 Å². The topological polar surface area (TPSA) is 48.5 Å². The molecule has 116 valence electrons. The van der Waals surface area contributed by atoms with E-state index in [0.717, 1.165) is 38.2 Å². The van der Waals surface area contributed by atoms with Crippen LogP contribution in [0.1, 0.15) is 25.3 Å². The van der Waals surface area contributed by atoms with Crippen LogP contribution in [0.15, 0.2) is 24.5 Å². The number of nitrogens with zero attached hydrogens (tertiary/aromatic N) is 3. The second kappa shape index (κ2) is 8.10. The number of carbonyl (C=O) groups is 1. The number of amides is 1. The predicted molar refractivity (Wildman–Crippen MR) is 83.8 cm³/mol. The molecule has 21 heavy (non-hydrogen) atoms. The number of hydrogen-bond donors (Lipinski definition) is 1. The van der Waals surface area contributed by atoms with Gasteiger partial charge in [-0.3, -0.25) is 14.7 Å². The molecule has 1 aromatic heterocycles. The van der Waals surface area contributed by atoms with Crippen LogP contribution < -0.4 is 5.32 Å². The number of aromatic nitrogens is 1. The van der Waals surface area contributed by atoms with Crippen LogP contribution in [0.5, 0.6) is 0 Å². The molecule has 1 aliphatic heterocycles. The van der Waals surface area contributed by atoms with Gasteiger partial charge in [-0.2, -0.15) is 0 Å². The molecule has 0 unspecified atom stereocenters. The van der Waals surface area contributed by atoms with E-state index in [2.05, 4.69) is 22.1 Å². The van der Waals surface area contributed by atoms with Gasteiger partial charge in [0.05, 0.1) is 6.54 Å². The van der Waals surface area contributed by atoms with Crippen molar-refractivity contribution in [2.24, 2.45) is 0 Å². The number of hydrogen-bond acceptors (Lipinski definition) is 4. The number of likely N-dealkylation sites (N-methyl/N-ethyl adjacent to an activating group) is 1. The lowest BCUT2D eigenvalue weighted by Crippen LogP contribution is -2.42. The number of rotatable bonds is 7. The lowest BCUT2D eigenvalue weighted by atomic mass is 10.2. The van der Waals surface area contributed by atoms with Crippen molar-refractivity contribution in [3.05, 3.63) is 30.1 Å². The molecule has 1 amide bonds.